The molecule has 0 spiro atoms. The molecule has 0 aliphatic heterocycles. The van der Waals surface area contributed by atoms with Crippen LogP contribution in [0.1, 0.15) is 15.9 Å². The minimum atomic E-state index is -0.0980. The van der Waals surface area contributed by atoms with Gasteiger partial charge in [-0.3, -0.25) is 14.7 Å². The van der Waals surface area contributed by atoms with Gasteiger partial charge >= 0.3 is 0 Å². The van der Waals surface area contributed by atoms with Crippen LogP contribution in [0.2, 0.25) is 0 Å². The molecule has 0 aliphatic carbocycles. The van der Waals surface area contributed by atoms with Crippen LogP contribution in [0.25, 0.3) is 0 Å². The lowest BCUT2D eigenvalue weighted by Gasteiger charge is -2.23. The zero-order chi connectivity index (χ0) is 19.9. The number of aliphatic imine (C=N–C) groups is 1. The van der Waals surface area contributed by atoms with Crippen molar-refractivity contribution in [1.82, 2.24) is 0 Å². The van der Waals surface area contributed by atoms with Crippen molar-refractivity contribution in [2.24, 2.45) is 4.99 Å². The van der Waals surface area contributed by atoms with Crippen molar-refractivity contribution in [3.63, 3.8) is 0 Å². The van der Waals surface area contributed by atoms with Crippen LogP contribution in [-0.2, 0) is 0 Å². The molecule has 29 heavy (non-hydrogen) atoms. The van der Waals surface area contributed by atoms with Crippen molar-refractivity contribution in [2.45, 2.75) is 0 Å². The first kappa shape index (κ1) is 18.4. The fraction of sp³-hybridized carbons (Fsp3) is 0. The van der Waals surface area contributed by atoms with Gasteiger partial charge in [0.15, 0.2) is 0 Å². The molecule has 0 aliphatic rings. The Kier molecular flexibility index (Phi) is 5.58. The number of rotatable bonds is 5. The highest BCUT2D eigenvalue weighted by Gasteiger charge is 2.19. The summed E-state index contributed by atoms with van der Waals surface area (Å²) < 4.78 is 0. The molecule has 3 nitrogen and oxygen atoms in total. The van der Waals surface area contributed by atoms with Crippen LogP contribution in [0.4, 0.5) is 17.1 Å². The Labute approximate surface area is 170 Å². The summed E-state index contributed by atoms with van der Waals surface area (Å²) in [5.74, 6) is -0.0980. The van der Waals surface area contributed by atoms with Gasteiger partial charge in [-0.15, -0.1) is 0 Å². The van der Waals surface area contributed by atoms with Crippen LogP contribution < -0.4 is 4.90 Å². The largest absolute Gasteiger partial charge is 0.277 e. The molecule has 0 atom stereocenters. The molecule has 140 valence electrons. The van der Waals surface area contributed by atoms with E-state index in [1.54, 1.807) is 11.1 Å². The predicted octanol–water partition coefficient (Wildman–Crippen LogP) is 6.42. The lowest BCUT2D eigenvalue weighted by atomic mass is 10.1. The van der Waals surface area contributed by atoms with Gasteiger partial charge in [-0.25, -0.2) is 0 Å². The predicted molar refractivity (Wildman–Crippen MR) is 119 cm³/mol. The summed E-state index contributed by atoms with van der Waals surface area (Å²) in [6.45, 7) is 0. The molecule has 0 aromatic heterocycles. The van der Waals surface area contributed by atoms with E-state index < -0.39 is 0 Å². The summed E-state index contributed by atoms with van der Waals surface area (Å²) in [5, 5.41) is 0. The maximum atomic E-state index is 13.4. The molecule has 4 aromatic rings. The van der Waals surface area contributed by atoms with Crippen LogP contribution in [-0.4, -0.2) is 12.1 Å². The highest BCUT2D eigenvalue weighted by atomic mass is 16.2. The van der Waals surface area contributed by atoms with E-state index >= 15 is 0 Å². The van der Waals surface area contributed by atoms with Crippen molar-refractivity contribution in [1.29, 1.82) is 0 Å². The Hall–Kier alpha value is -3.98. The fourth-order valence-electron chi connectivity index (χ4n) is 3.07. The second kappa shape index (κ2) is 8.81. The average Bonchev–Trinajstić information content (AvgIpc) is 2.80. The van der Waals surface area contributed by atoms with E-state index in [9.17, 15) is 4.79 Å². The van der Waals surface area contributed by atoms with E-state index in [2.05, 4.69) is 4.99 Å². The van der Waals surface area contributed by atoms with E-state index in [1.165, 1.54) is 0 Å². The number of anilines is 2. The van der Waals surface area contributed by atoms with E-state index in [1.807, 2.05) is 115 Å². The molecule has 0 saturated carbocycles. The van der Waals surface area contributed by atoms with Gasteiger partial charge in [-0.05, 0) is 48.0 Å². The van der Waals surface area contributed by atoms with Crippen molar-refractivity contribution in [3.05, 3.63) is 126 Å². The molecule has 0 heterocycles. The molecule has 3 heteroatoms. The lowest BCUT2D eigenvalue weighted by molar-refractivity contribution is 0.0999. The number of carbonyl (C=O) groups excluding carboxylic acids is 1. The zero-order valence-electron chi connectivity index (χ0n) is 15.8. The highest BCUT2D eigenvalue weighted by molar-refractivity contribution is 6.11. The van der Waals surface area contributed by atoms with E-state index in [-0.39, 0.29) is 5.91 Å². The second-order valence-corrected chi connectivity index (χ2v) is 6.53. The van der Waals surface area contributed by atoms with Gasteiger partial charge in [0.05, 0.1) is 5.69 Å². The van der Waals surface area contributed by atoms with Gasteiger partial charge in [0, 0.05) is 23.2 Å². The SMILES string of the molecule is O=C(c1cccc(N=Cc2ccccc2)c1)N(c1ccccc1)c1ccccc1. The first-order valence-corrected chi connectivity index (χ1v) is 9.45. The molecule has 4 rings (SSSR count). The van der Waals surface area contributed by atoms with Gasteiger partial charge in [-0.2, -0.15) is 0 Å². The number of hydrogen-bond donors (Lipinski definition) is 0. The number of carbonyl (C=O) groups is 1. The summed E-state index contributed by atoms with van der Waals surface area (Å²) in [7, 11) is 0. The smallest absolute Gasteiger partial charge is 0.262 e. The molecule has 0 saturated heterocycles. The van der Waals surface area contributed by atoms with E-state index in [0.717, 1.165) is 22.6 Å². The number of para-hydroxylation sites is 2. The molecular weight excluding hydrogens is 356 g/mol. The average molecular weight is 376 g/mol. The standard InChI is InChI=1S/C26H20N2O/c29-26(28(24-15-6-2-7-16-24)25-17-8-3-9-18-25)22-13-10-14-23(19-22)27-20-21-11-4-1-5-12-21/h1-20H. The maximum absolute atomic E-state index is 13.4. The fourth-order valence-corrected chi connectivity index (χ4v) is 3.07. The van der Waals surface area contributed by atoms with Crippen LogP contribution in [0, 0.1) is 0 Å². The zero-order valence-corrected chi connectivity index (χ0v) is 15.8. The topological polar surface area (TPSA) is 32.7 Å². The van der Waals surface area contributed by atoms with Crippen LogP contribution >= 0.6 is 0 Å². The van der Waals surface area contributed by atoms with Gasteiger partial charge < -0.3 is 0 Å². The minimum Gasteiger partial charge on any atom is -0.277 e. The molecule has 0 unspecified atom stereocenters. The molecule has 0 N–H and O–H groups in total. The summed E-state index contributed by atoms with van der Waals surface area (Å²) in [4.78, 5) is 19.7. The first-order chi connectivity index (χ1) is 14.3. The van der Waals surface area contributed by atoms with Gasteiger partial charge in [0.2, 0.25) is 0 Å². The van der Waals surface area contributed by atoms with Gasteiger partial charge in [0.25, 0.3) is 5.91 Å². The normalized spacial score (nSPS) is 10.8. The lowest BCUT2D eigenvalue weighted by Crippen LogP contribution is -2.25. The number of benzene rings is 4. The highest BCUT2D eigenvalue weighted by Crippen LogP contribution is 2.28. The molecule has 1 amide bonds. The summed E-state index contributed by atoms with van der Waals surface area (Å²) in [6.07, 6.45) is 1.80. The quantitative estimate of drug-likeness (QED) is 0.370. The molecule has 0 bridgehead atoms. The van der Waals surface area contributed by atoms with Crippen molar-refractivity contribution < 1.29 is 4.79 Å². The maximum Gasteiger partial charge on any atom is 0.262 e. The third-order valence-corrected chi connectivity index (χ3v) is 4.49. The first-order valence-electron chi connectivity index (χ1n) is 9.45. The van der Waals surface area contributed by atoms with Crippen molar-refractivity contribution >= 4 is 29.2 Å². The molecular formula is C26H20N2O. The Morgan fingerprint density at radius 1 is 0.655 bits per heavy atom. The monoisotopic (exact) mass is 376 g/mol. The third-order valence-electron chi connectivity index (χ3n) is 4.49. The molecule has 0 radical (unpaired) electrons. The van der Waals surface area contributed by atoms with Gasteiger partial charge in [0.1, 0.15) is 0 Å². The second-order valence-electron chi connectivity index (χ2n) is 6.53. The summed E-state index contributed by atoms with van der Waals surface area (Å²) >= 11 is 0. The Morgan fingerprint density at radius 3 is 1.79 bits per heavy atom. The van der Waals surface area contributed by atoms with Crippen LogP contribution in [0.5, 0.6) is 0 Å². The van der Waals surface area contributed by atoms with Crippen LogP contribution in [0.15, 0.2) is 120 Å². The van der Waals surface area contributed by atoms with Crippen LogP contribution in [0.3, 0.4) is 0 Å². The van der Waals surface area contributed by atoms with Crippen molar-refractivity contribution in [3.8, 4) is 0 Å². The van der Waals surface area contributed by atoms with Gasteiger partial charge in [-0.1, -0.05) is 72.8 Å². The summed E-state index contributed by atoms with van der Waals surface area (Å²) in [6, 6.07) is 36.6. The Bertz CT molecular complexity index is 1070. The summed E-state index contributed by atoms with van der Waals surface area (Å²) in [5.41, 5.74) is 3.98. The van der Waals surface area contributed by atoms with E-state index in [0.29, 0.717) is 5.56 Å². The van der Waals surface area contributed by atoms with E-state index in [4.69, 9.17) is 0 Å². The molecule has 0 fully saturated rings. The Morgan fingerprint density at radius 2 is 1.21 bits per heavy atom. The number of nitrogens with zero attached hydrogens (tertiary/aromatic N) is 2. The number of amides is 1. The van der Waals surface area contributed by atoms with Crippen molar-refractivity contribution in [2.75, 3.05) is 4.90 Å². The molecule has 4 aromatic carbocycles. The number of hydrogen-bond acceptors (Lipinski definition) is 2. The Balaban J connectivity index is 1.67. The minimum absolute atomic E-state index is 0.0980. The third kappa shape index (κ3) is 4.47.